The Morgan fingerprint density at radius 1 is 1.00 bits per heavy atom. The Kier molecular flexibility index (Phi) is 6.57. The van der Waals surface area contributed by atoms with Gasteiger partial charge in [-0.3, -0.25) is 0 Å². The minimum absolute atomic E-state index is 0. The second-order valence-corrected chi connectivity index (χ2v) is 5.30. The van der Waals surface area contributed by atoms with Crippen molar-refractivity contribution < 1.29 is 0 Å². The molecule has 2 nitrogen and oxygen atoms in total. The molecule has 0 amide bonds. The summed E-state index contributed by atoms with van der Waals surface area (Å²) < 4.78 is 0. The summed E-state index contributed by atoms with van der Waals surface area (Å²) in [4.78, 5) is 5.06. The molecule has 98 valence electrons. The molecule has 0 aromatic rings. The topological polar surface area (TPSA) is 6.48 Å². The van der Waals surface area contributed by atoms with Crippen LogP contribution in [0.15, 0.2) is 0 Å². The monoisotopic (exact) mass is 228 g/mol. The fourth-order valence-corrected chi connectivity index (χ4v) is 2.93. The lowest BCUT2D eigenvalue weighted by Gasteiger charge is -2.53. The summed E-state index contributed by atoms with van der Waals surface area (Å²) in [5, 5.41) is 0. The zero-order valence-electron chi connectivity index (χ0n) is 11.2. The molecule has 0 aliphatic carbocycles. The first kappa shape index (κ1) is 15.9. The van der Waals surface area contributed by atoms with Crippen LogP contribution in [0.25, 0.3) is 0 Å². The van der Waals surface area contributed by atoms with Gasteiger partial charge in [0.2, 0.25) is 0 Å². The molecule has 0 aromatic carbocycles. The van der Waals surface area contributed by atoms with Crippen LogP contribution in [-0.4, -0.2) is 49.1 Å². The van der Waals surface area contributed by atoms with Crippen molar-refractivity contribution in [3.05, 3.63) is 0 Å². The van der Waals surface area contributed by atoms with Crippen LogP contribution in [-0.2, 0) is 0 Å². The van der Waals surface area contributed by atoms with E-state index in [-0.39, 0.29) is 7.43 Å². The van der Waals surface area contributed by atoms with E-state index in [0.717, 1.165) is 11.5 Å². The third-order valence-corrected chi connectivity index (χ3v) is 3.80. The molecule has 0 N–H and O–H groups in total. The molecule has 0 atom stereocenters. The summed E-state index contributed by atoms with van der Waals surface area (Å²) >= 11 is 0. The average Bonchev–Trinajstić information content (AvgIpc) is 2.19. The zero-order valence-corrected chi connectivity index (χ0v) is 11.2. The molecule has 0 aromatic heterocycles. The van der Waals surface area contributed by atoms with E-state index in [1.165, 1.54) is 39.0 Å². The van der Waals surface area contributed by atoms with Crippen molar-refractivity contribution in [2.24, 2.45) is 5.41 Å². The maximum atomic E-state index is 2.61. The van der Waals surface area contributed by atoms with Crippen molar-refractivity contribution in [3.8, 4) is 0 Å². The van der Waals surface area contributed by atoms with Crippen LogP contribution >= 0.6 is 0 Å². The van der Waals surface area contributed by atoms with E-state index >= 15 is 0 Å². The molecule has 16 heavy (non-hydrogen) atoms. The summed E-state index contributed by atoms with van der Waals surface area (Å²) in [6.45, 7) is 14.0. The third-order valence-electron chi connectivity index (χ3n) is 3.80. The fourth-order valence-electron chi connectivity index (χ4n) is 2.93. The second kappa shape index (κ2) is 6.61. The Hall–Kier alpha value is -0.0800. The molecule has 2 aliphatic rings. The van der Waals surface area contributed by atoms with Gasteiger partial charge in [-0.2, -0.15) is 0 Å². The molecule has 0 unspecified atom stereocenters. The number of nitrogens with zero attached hydrogens (tertiary/aromatic N) is 2. The van der Waals surface area contributed by atoms with Gasteiger partial charge in [0.15, 0.2) is 0 Å². The summed E-state index contributed by atoms with van der Waals surface area (Å²) in [7, 11) is 2.24. The lowest BCUT2D eigenvalue weighted by atomic mass is 9.72. The van der Waals surface area contributed by atoms with E-state index in [1.807, 2.05) is 13.8 Å². The Morgan fingerprint density at radius 3 is 1.75 bits per heavy atom. The lowest BCUT2D eigenvalue weighted by Crippen LogP contribution is -2.59. The van der Waals surface area contributed by atoms with Crippen molar-refractivity contribution in [2.75, 3.05) is 33.2 Å². The molecule has 2 rings (SSSR count). The van der Waals surface area contributed by atoms with E-state index in [0.29, 0.717) is 0 Å². The minimum Gasteiger partial charge on any atom is -0.305 e. The highest BCUT2D eigenvalue weighted by Gasteiger charge is 2.43. The SMILES string of the molecule is C.CC.CC(C)N1CCC2(CC1)CN(C)C2. The van der Waals surface area contributed by atoms with Gasteiger partial charge in [-0.1, -0.05) is 21.3 Å². The molecule has 2 saturated heterocycles. The maximum Gasteiger partial charge on any atom is 0.00484 e. The molecule has 2 heterocycles. The first-order chi connectivity index (χ1) is 7.11. The minimum atomic E-state index is 0. The molecule has 2 aliphatic heterocycles. The summed E-state index contributed by atoms with van der Waals surface area (Å²) in [6.07, 6.45) is 2.85. The van der Waals surface area contributed by atoms with Gasteiger partial charge >= 0.3 is 0 Å². The van der Waals surface area contributed by atoms with Crippen LogP contribution in [0.4, 0.5) is 0 Å². The van der Waals surface area contributed by atoms with Crippen molar-refractivity contribution in [2.45, 2.75) is 54.0 Å². The van der Waals surface area contributed by atoms with E-state index in [9.17, 15) is 0 Å². The van der Waals surface area contributed by atoms with Crippen LogP contribution in [0.5, 0.6) is 0 Å². The van der Waals surface area contributed by atoms with Crippen LogP contribution in [0.1, 0.15) is 48.0 Å². The first-order valence-corrected chi connectivity index (χ1v) is 6.54. The van der Waals surface area contributed by atoms with Gasteiger partial charge in [-0.15, -0.1) is 0 Å². The average molecular weight is 228 g/mol. The van der Waals surface area contributed by atoms with Gasteiger partial charge in [-0.05, 0) is 52.2 Å². The van der Waals surface area contributed by atoms with Crippen molar-refractivity contribution >= 4 is 0 Å². The van der Waals surface area contributed by atoms with Crippen LogP contribution in [0.3, 0.4) is 0 Å². The lowest BCUT2D eigenvalue weighted by molar-refractivity contribution is -0.0370. The normalized spacial score (nSPS) is 24.4. The smallest absolute Gasteiger partial charge is 0.00484 e. The molecular weight excluding hydrogens is 196 g/mol. The molecule has 0 radical (unpaired) electrons. The highest BCUT2D eigenvalue weighted by Crippen LogP contribution is 2.39. The standard InChI is InChI=1S/C11H22N2.C2H6.CH4/c1-10(2)13-6-4-11(5-7-13)8-12(3)9-11;1-2;/h10H,4-9H2,1-3H3;1-2H3;1H4. The Bertz CT molecular complexity index is 173. The van der Waals surface area contributed by atoms with E-state index in [2.05, 4.69) is 30.7 Å². The summed E-state index contributed by atoms with van der Waals surface area (Å²) in [5.41, 5.74) is 0.722. The van der Waals surface area contributed by atoms with Gasteiger partial charge in [0.1, 0.15) is 0 Å². The molecular formula is C14H32N2. The van der Waals surface area contributed by atoms with Gasteiger partial charge in [0.05, 0.1) is 0 Å². The number of likely N-dealkylation sites (tertiary alicyclic amines) is 2. The quantitative estimate of drug-likeness (QED) is 0.680. The summed E-state index contributed by atoms with van der Waals surface area (Å²) in [6, 6.07) is 0.746. The van der Waals surface area contributed by atoms with Gasteiger partial charge in [0, 0.05) is 19.1 Å². The number of hydrogen-bond donors (Lipinski definition) is 0. The number of piperidine rings is 1. The Balaban J connectivity index is 0.000000711. The molecule has 0 bridgehead atoms. The van der Waals surface area contributed by atoms with Crippen molar-refractivity contribution in [1.82, 2.24) is 9.80 Å². The van der Waals surface area contributed by atoms with Crippen molar-refractivity contribution in [3.63, 3.8) is 0 Å². The number of hydrogen-bond acceptors (Lipinski definition) is 2. The highest BCUT2D eigenvalue weighted by atomic mass is 15.2. The Morgan fingerprint density at radius 2 is 1.44 bits per heavy atom. The first-order valence-electron chi connectivity index (χ1n) is 6.54. The van der Waals surface area contributed by atoms with Crippen LogP contribution in [0, 0.1) is 5.41 Å². The van der Waals surface area contributed by atoms with E-state index in [4.69, 9.17) is 0 Å². The third kappa shape index (κ3) is 3.46. The number of rotatable bonds is 1. The zero-order chi connectivity index (χ0) is 11.5. The van der Waals surface area contributed by atoms with Crippen molar-refractivity contribution in [1.29, 1.82) is 0 Å². The molecule has 0 saturated carbocycles. The van der Waals surface area contributed by atoms with E-state index < -0.39 is 0 Å². The predicted molar refractivity (Wildman–Crippen MR) is 74.0 cm³/mol. The predicted octanol–water partition coefficient (Wildman–Crippen LogP) is 3.08. The van der Waals surface area contributed by atoms with Crippen LogP contribution in [0.2, 0.25) is 0 Å². The van der Waals surface area contributed by atoms with Crippen LogP contribution < -0.4 is 0 Å². The highest BCUT2D eigenvalue weighted by molar-refractivity contribution is 4.97. The largest absolute Gasteiger partial charge is 0.305 e. The Labute approximate surface area is 103 Å². The maximum absolute atomic E-state index is 2.61. The summed E-state index contributed by atoms with van der Waals surface area (Å²) in [5.74, 6) is 0. The molecule has 2 heteroatoms. The van der Waals surface area contributed by atoms with Gasteiger partial charge < -0.3 is 9.80 Å². The molecule has 2 fully saturated rings. The van der Waals surface area contributed by atoms with Gasteiger partial charge in [0.25, 0.3) is 0 Å². The fraction of sp³-hybridized carbons (Fsp3) is 1.00. The van der Waals surface area contributed by atoms with E-state index in [1.54, 1.807) is 0 Å². The second-order valence-electron chi connectivity index (χ2n) is 5.30. The molecule has 1 spiro atoms. The van der Waals surface area contributed by atoms with Gasteiger partial charge in [-0.25, -0.2) is 0 Å².